The first-order valence-electron chi connectivity index (χ1n) is 14.5. The summed E-state index contributed by atoms with van der Waals surface area (Å²) in [7, 11) is 0. The second-order valence-corrected chi connectivity index (χ2v) is 11.0. The minimum atomic E-state index is -1.08. The second kappa shape index (κ2) is 15.7. The second-order valence-electron chi connectivity index (χ2n) is 11.0. The Labute approximate surface area is 247 Å². The normalized spacial score (nSPS) is 13.4. The first-order valence-corrected chi connectivity index (χ1v) is 14.5. The Morgan fingerprint density at radius 2 is 1.79 bits per heavy atom. The number of pyridine rings is 1. The summed E-state index contributed by atoms with van der Waals surface area (Å²) in [5.74, 6) is -0.267. The van der Waals surface area contributed by atoms with Gasteiger partial charge in [-0.3, -0.25) is 9.69 Å². The number of rotatable bonds is 12. The van der Waals surface area contributed by atoms with Gasteiger partial charge in [-0.05, 0) is 77.0 Å². The molecule has 1 atom stereocenters. The Bertz CT molecular complexity index is 1210. The molecule has 0 spiro atoms. The van der Waals surface area contributed by atoms with Gasteiger partial charge in [0.25, 0.3) is 0 Å². The fourth-order valence-electron chi connectivity index (χ4n) is 4.35. The van der Waals surface area contributed by atoms with Gasteiger partial charge in [0.2, 0.25) is 5.91 Å². The van der Waals surface area contributed by atoms with E-state index >= 15 is 0 Å². The summed E-state index contributed by atoms with van der Waals surface area (Å²) in [5, 5.41) is 5.16. The molecule has 1 aliphatic heterocycles. The van der Waals surface area contributed by atoms with Crippen LogP contribution in [-0.2, 0) is 43.2 Å². The van der Waals surface area contributed by atoms with Gasteiger partial charge in [0, 0.05) is 25.2 Å². The van der Waals surface area contributed by atoms with Crippen molar-refractivity contribution >= 4 is 29.9 Å². The van der Waals surface area contributed by atoms with Gasteiger partial charge in [-0.15, -0.1) is 0 Å². The van der Waals surface area contributed by atoms with E-state index in [2.05, 4.69) is 10.6 Å². The van der Waals surface area contributed by atoms with Crippen molar-refractivity contribution in [3.05, 3.63) is 59.3 Å². The molecule has 0 bridgehead atoms. The first-order chi connectivity index (χ1) is 20.1. The van der Waals surface area contributed by atoms with Gasteiger partial charge in [-0.25, -0.2) is 19.4 Å². The quantitative estimate of drug-likeness (QED) is 0.213. The van der Waals surface area contributed by atoms with Crippen LogP contribution in [0.3, 0.4) is 0 Å². The summed E-state index contributed by atoms with van der Waals surface area (Å²) in [6.07, 6.45) is 2.71. The molecule has 2 aromatic rings. The lowest BCUT2D eigenvalue weighted by Gasteiger charge is -2.31. The van der Waals surface area contributed by atoms with Gasteiger partial charge in [0.1, 0.15) is 24.1 Å². The topological polar surface area (TPSA) is 136 Å². The van der Waals surface area contributed by atoms with Crippen LogP contribution in [0.5, 0.6) is 0 Å². The number of unbranched alkanes of at least 4 members (excludes halogenated alkanes) is 1. The molecule has 0 aliphatic carbocycles. The van der Waals surface area contributed by atoms with E-state index in [1.165, 1.54) is 0 Å². The van der Waals surface area contributed by atoms with Crippen LogP contribution >= 0.6 is 0 Å². The highest BCUT2D eigenvalue weighted by atomic mass is 16.6. The van der Waals surface area contributed by atoms with Crippen LogP contribution in [-0.4, -0.2) is 60.4 Å². The van der Waals surface area contributed by atoms with Crippen molar-refractivity contribution in [3.63, 3.8) is 0 Å². The molecule has 2 heterocycles. The van der Waals surface area contributed by atoms with Crippen molar-refractivity contribution in [1.82, 2.24) is 15.6 Å². The smallest absolute Gasteiger partial charge is 0.416 e. The molecule has 3 rings (SSSR count). The van der Waals surface area contributed by atoms with Gasteiger partial charge in [-0.1, -0.05) is 36.4 Å². The number of hydrogen-bond donors (Lipinski definition) is 2. The molecule has 0 fully saturated rings. The fraction of sp³-hybridized carbons (Fsp3) is 0.516. The SMILES string of the molecule is CCOC(=O)C(CNC(=O)CCCCc1ccc2c(n1)N(C(=O)OC(C)(C)C)CCC2)NC(=O)OCc1ccccc1. The van der Waals surface area contributed by atoms with Crippen LogP contribution in [0.4, 0.5) is 15.4 Å². The summed E-state index contributed by atoms with van der Waals surface area (Å²) in [6, 6.07) is 12.0. The molecule has 1 aromatic heterocycles. The molecule has 0 saturated heterocycles. The van der Waals surface area contributed by atoms with Crippen LogP contribution in [0.25, 0.3) is 0 Å². The Hall–Kier alpha value is -4.15. The number of fused-ring (bicyclic) bond motifs is 1. The third kappa shape index (κ3) is 10.7. The number of nitrogens with zero attached hydrogens (tertiary/aromatic N) is 2. The highest BCUT2D eigenvalue weighted by Crippen LogP contribution is 2.27. The summed E-state index contributed by atoms with van der Waals surface area (Å²) in [5.41, 5.74) is 2.07. The van der Waals surface area contributed by atoms with E-state index in [1.807, 2.05) is 63.2 Å². The highest BCUT2D eigenvalue weighted by molar-refractivity contribution is 5.88. The summed E-state index contributed by atoms with van der Waals surface area (Å²) in [6.45, 7) is 7.80. The van der Waals surface area contributed by atoms with E-state index in [0.717, 1.165) is 29.7 Å². The molecule has 1 unspecified atom stereocenters. The van der Waals surface area contributed by atoms with Crippen molar-refractivity contribution in [1.29, 1.82) is 0 Å². The lowest BCUT2D eigenvalue weighted by atomic mass is 10.0. The molecule has 228 valence electrons. The molecule has 11 heteroatoms. The average molecular weight is 583 g/mol. The first kappa shape index (κ1) is 32.4. The van der Waals surface area contributed by atoms with Crippen molar-refractivity contribution in [2.75, 3.05) is 24.6 Å². The molecule has 42 heavy (non-hydrogen) atoms. The van der Waals surface area contributed by atoms with Gasteiger partial charge < -0.3 is 24.8 Å². The van der Waals surface area contributed by atoms with E-state index < -0.39 is 29.8 Å². The lowest BCUT2D eigenvalue weighted by molar-refractivity contribution is -0.145. The molecule has 0 radical (unpaired) electrons. The zero-order chi connectivity index (χ0) is 30.5. The van der Waals surface area contributed by atoms with Crippen molar-refractivity contribution < 1.29 is 33.4 Å². The highest BCUT2D eigenvalue weighted by Gasteiger charge is 2.28. The van der Waals surface area contributed by atoms with Gasteiger partial charge in [0.15, 0.2) is 0 Å². The Kier molecular flexibility index (Phi) is 12.1. The maximum absolute atomic E-state index is 12.7. The largest absolute Gasteiger partial charge is 0.464 e. The van der Waals surface area contributed by atoms with E-state index in [-0.39, 0.29) is 32.1 Å². The number of aromatic nitrogens is 1. The van der Waals surface area contributed by atoms with Crippen LogP contribution in [0.1, 0.15) is 70.2 Å². The summed E-state index contributed by atoms with van der Waals surface area (Å²) in [4.78, 5) is 56.1. The maximum Gasteiger partial charge on any atom is 0.416 e. The Morgan fingerprint density at radius 3 is 2.50 bits per heavy atom. The van der Waals surface area contributed by atoms with E-state index in [0.29, 0.717) is 31.6 Å². The molecule has 0 saturated carbocycles. The number of amides is 3. The van der Waals surface area contributed by atoms with E-state index in [4.69, 9.17) is 19.2 Å². The molecule has 1 aliphatic rings. The number of benzene rings is 1. The number of ether oxygens (including phenoxy) is 3. The zero-order valence-corrected chi connectivity index (χ0v) is 24.9. The van der Waals surface area contributed by atoms with E-state index in [9.17, 15) is 19.2 Å². The molecule has 11 nitrogen and oxygen atoms in total. The number of esters is 1. The third-order valence-electron chi connectivity index (χ3n) is 6.38. The molecule has 2 N–H and O–H groups in total. The standard InChI is InChI=1S/C31H42N4O7/c1-5-40-28(37)25(34-29(38)41-21-22-12-7-6-8-13-22)20-32-26(36)16-10-9-15-24-18-17-23-14-11-19-35(27(23)33-24)30(39)42-31(2,3)4/h6-8,12-13,17-18,25H,5,9-11,14-16,19-21H2,1-4H3,(H,32,36)(H,34,38). The number of alkyl carbamates (subject to hydrolysis) is 1. The number of carbonyl (C=O) groups excluding carboxylic acids is 4. The van der Waals surface area contributed by atoms with Crippen molar-refractivity contribution in [2.45, 2.75) is 84.5 Å². The van der Waals surface area contributed by atoms with E-state index in [1.54, 1.807) is 11.8 Å². The van der Waals surface area contributed by atoms with Crippen LogP contribution < -0.4 is 15.5 Å². The van der Waals surface area contributed by atoms with Crippen molar-refractivity contribution in [2.24, 2.45) is 0 Å². The van der Waals surface area contributed by atoms with Crippen molar-refractivity contribution in [3.8, 4) is 0 Å². The monoisotopic (exact) mass is 582 g/mol. The fourth-order valence-corrected chi connectivity index (χ4v) is 4.35. The predicted octanol–water partition coefficient (Wildman–Crippen LogP) is 4.46. The number of aryl methyl sites for hydroxylation is 2. The van der Waals surface area contributed by atoms with Gasteiger partial charge >= 0.3 is 18.2 Å². The van der Waals surface area contributed by atoms with Crippen LogP contribution in [0.2, 0.25) is 0 Å². The predicted molar refractivity (Wildman–Crippen MR) is 157 cm³/mol. The average Bonchev–Trinajstić information content (AvgIpc) is 2.95. The molecular weight excluding hydrogens is 540 g/mol. The summed E-state index contributed by atoms with van der Waals surface area (Å²) >= 11 is 0. The number of anilines is 1. The Balaban J connectivity index is 1.44. The number of carbonyl (C=O) groups is 4. The number of nitrogens with one attached hydrogen (secondary N) is 2. The zero-order valence-electron chi connectivity index (χ0n) is 24.9. The molecular formula is C31H42N4O7. The minimum absolute atomic E-state index is 0.0483. The lowest BCUT2D eigenvalue weighted by Crippen LogP contribution is -2.49. The molecule has 3 amide bonds. The van der Waals surface area contributed by atoms with Gasteiger partial charge in [0.05, 0.1) is 6.61 Å². The Morgan fingerprint density at radius 1 is 1.02 bits per heavy atom. The van der Waals surface area contributed by atoms with Crippen LogP contribution in [0.15, 0.2) is 42.5 Å². The number of hydrogen-bond acceptors (Lipinski definition) is 8. The van der Waals surface area contributed by atoms with Crippen LogP contribution in [0, 0.1) is 0 Å². The minimum Gasteiger partial charge on any atom is -0.464 e. The maximum atomic E-state index is 12.7. The third-order valence-corrected chi connectivity index (χ3v) is 6.38. The molecule has 1 aromatic carbocycles. The van der Waals surface area contributed by atoms with Gasteiger partial charge in [-0.2, -0.15) is 0 Å². The summed E-state index contributed by atoms with van der Waals surface area (Å²) < 4.78 is 15.8.